The lowest BCUT2D eigenvalue weighted by Crippen LogP contribution is -2.37. The first-order valence-electron chi connectivity index (χ1n) is 8.88. The summed E-state index contributed by atoms with van der Waals surface area (Å²) < 4.78 is 0. The Morgan fingerprint density at radius 2 is 1.86 bits per heavy atom. The minimum absolute atomic E-state index is 0.535. The van der Waals surface area contributed by atoms with Gasteiger partial charge in [0.05, 0.1) is 13.8 Å². The summed E-state index contributed by atoms with van der Waals surface area (Å²) in [6.45, 7) is 4.74. The molecule has 0 bridgehead atoms. The van der Waals surface area contributed by atoms with E-state index in [2.05, 4.69) is 28.8 Å². The first-order chi connectivity index (χ1) is 10.6. The second kappa shape index (κ2) is 6.87. The fourth-order valence-electron chi connectivity index (χ4n) is 4.47. The van der Waals surface area contributed by atoms with Gasteiger partial charge in [-0.15, -0.1) is 0 Å². The molecular formula is C17H28ClN3Si. The number of anilines is 1. The third kappa shape index (κ3) is 3.33. The number of hydrogen-bond acceptors (Lipinski definition) is 3. The maximum atomic E-state index is 6.40. The van der Waals surface area contributed by atoms with Crippen molar-refractivity contribution in [3.05, 3.63) is 17.0 Å². The predicted molar refractivity (Wildman–Crippen MR) is 96.5 cm³/mol. The number of nitrogens with zero attached hydrogens (tertiary/aromatic N) is 2. The van der Waals surface area contributed by atoms with Gasteiger partial charge in [-0.2, -0.15) is 0 Å². The van der Waals surface area contributed by atoms with E-state index in [4.69, 9.17) is 11.6 Å². The Hall–Kier alpha value is -0.613. The average molecular weight is 338 g/mol. The van der Waals surface area contributed by atoms with Gasteiger partial charge in [-0.3, -0.25) is 0 Å². The molecule has 5 heteroatoms. The van der Waals surface area contributed by atoms with Crippen LogP contribution in [0.25, 0.3) is 0 Å². The predicted octanol–water partition coefficient (Wildman–Crippen LogP) is 5.29. The van der Waals surface area contributed by atoms with Crippen molar-refractivity contribution >= 4 is 25.5 Å². The summed E-state index contributed by atoms with van der Waals surface area (Å²) in [5, 5.41) is 4.29. The smallest absolute Gasteiger partial charge is 0.148 e. The molecule has 1 N–H and O–H groups in total. The molecule has 1 aliphatic heterocycles. The molecule has 2 aliphatic rings. The highest BCUT2D eigenvalue weighted by Crippen LogP contribution is 2.46. The van der Waals surface area contributed by atoms with Gasteiger partial charge in [0.2, 0.25) is 0 Å². The molecule has 0 unspecified atom stereocenters. The van der Waals surface area contributed by atoms with Gasteiger partial charge < -0.3 is 5.32 Å². The minimum Gasteiger partial charge on any atom is -0.366 e. The highest BCUT2D eigenvalue weighted by atomic mass is 35.5. The molecule has 2 heterocycles. The summed E-state index contributed by atoms with van der Waals surface area (Å²) in [6, 6.07) is 3.69. The van der Waals surface area contributed by atoms with Crippen LogP contribution in [0.15, 0.2) is 6.33 Å². The molecule has 1 saturated carbocycles. The van der Waals surface area contributed by atoms with E-state index in [0.29, 0.717) is 11.1 Å². The molecule has 0 aromatic carbocycles. The lowest BCUT2D eigenvalue weighted by molar-refractivity contribution is 0.451. The molecule has 122 valence electrons. The zero-order chi connectivity index (χ0) is 15.6. The fourth-order valence-corrected chi connectivity index (χ4v) is 9.67. The van der Waals surface area contributed by atoms with Crippen molar-refractivity contribution in [1.29, 1.82) is 0 Å². The number of rotatable bonds is 4. The average Bonchev–Trinajstić information content (AvgIpc) is 2.98. The summed E-state index contributed by atoms with van der Waals surface area (Å²) >= 11 is 6.40. The number of hydrogen-bond donors (Lipinski definition) is 1. The monoisotopic (exact) mass is 337 g/mol. The van der Waals surface area contributed by atoms with E-state index in [0.717, 1.165) is 23.5 Å². The van der Waals surface area contributed by atoms with E-state index >= 15 is 0 Å². The molecule has 0 atom stereocenters. The van der Waals surface area contributed by atoms with E-state index in [1.807, 2.05) is 0 Å². The zero-order valence-electron chi connectivity index (χ0n) is 13.9. The van der Waals surface area contributed by atoms with Crippen LogP contribution in [0.5, 0.6) is 0 Å². The summed E-state index contributed by atoms with van der Waals surface area (Å²) in [7, 11) is -0.912. The molecule has 3 nitrogen and oxygen atoms in total. The summed E-state index contributed by atoms with van der Waals surface area (Å²) in [5.74, 6) is 0.835. The van der Waals surface area contributed by atoms with Gasteiger partial charge in [0.15, 0.2) is 0 Å². The van der Waals surface area contributed by atoms with Gasteiger partial charge >= 0.3 is 0 Å². The minimum atomic E-state index is -0.912. The maximum absolute atomic E-state index is 6.40. The van der Waals surface area contributed by atoms with Crippen molar-refractivity contribution in [1.82, 2.24) is 9.97 Å². The summed E-state index contributed by atoms with van der Waals surface area (Å²) in [4.78, 5) is 8.59. The van der Waals surface area contributed by atoms with Gasteiger partial charge in [-0.25, -0.2) is 9.97 Å². The van der Waals surface area contributed by atoms with E-state index in [9.17, 15) is 0 Å². The van der Waals surface area contributed by atoms with Crippen molar-refractivity contribution < 1.29 is 0 Å². The lowest BCUT2D eigenvalue weighted by atomic mass is 9.95. The molecule has 2 fully saturated rings. The molecule has 0 spiro atoms. The first kappa shape index (κ1) is 16.3. The summed E-state index contributed by atoms with van der Waals surface area (Å²) in [6.07, 6.45) is 10.8. The largest absolute Gasteiger partial charge is 0.366 e. The lowest BCUT2D eigenvalue weighted by Gasteiger charge is -2.38. The summed E-state index contributed by atoms with van der Waals surface area (Å²) in [5.41, 5.74) is 2.00. The van der Waals surface area contributed by atoms with Crippen LogP contribution in [0.4, 0.5) is 5.82 Å². The van der Waals surface area contributed by atoms with Crippen molar-refractivity contribution in [2.75, 3.05) is 5.32 Å². The molecule has 3 rings (SSSR count). The van der Waals surface area contributed by atoms with Crippen molar-refractivity contribution in [3.8, 4) is 0 Å². The van der Waals surface area contributed by atoms with Crippen LogP contribution in [0.1, 0.15) is 51.1 Å². The molecule has 1 saturated heterocycles. The van der Waals surface area contributed by atoms with Crippen LogP contribution >= 0.6 is 11.6 Å². The SMILES string of the molecule is CCc1ncnc(N[C@H]2CC[C@@H]([Si]3(C)CCCC3)CC2)c1Cl. The van der Waals surface area contributed by atoms with Gasteiger partial charge in [0, 0.05) is 6.04 Å². The Balaban J connectivity index is 1.58. The van der Waals surface area contributed by atoms with Crippen molar-refractivity contribution in [2.24, 2.45) is 0 Å². The number of aromatic nitrogens is 2. The van der Waals surface area contributed by atoms with Gasteiger partial charge in [0.25, 0.3) is 0 Å². The van der Waals surface area contributed by atoms with E-state index in [1.165, 1.54) is 38.5 Å². The second-order valence-corrected chi connectivity index (χ2v) is 12.9. The zero-order valence-corrected chi connectivity index (χ0v) is 15.6. The van der Waals surface area contributed by atoms with Crippen molar-refractivity contribution in [3.63, 3.8) is 0 Å². The number of nitrogens with one attached hydrogen (secondary N) is 1. The van der Waals surface area contributed by atoms with Gasteiger partial charge in [-0.05, 0) is 24.8 Å². The third-order valence-corrected chi connectivity index (χ3v) is 11.9. The normalized spacial score (nSPS) is 27.8. The topological polar surface area (TPSA) is 37.8 Å². The standard InChI is InChI=1S/C17H28ClN3Si/c1-3-15-16(18)17(20-12-19-15)21-13-6-8-14(9-7-13)22(2)10-4-5-11-22/h12-14H,3-11H2,1-2H3,(H,19,20,21)/t13-,14+. The first-order valence-corrected chi connectivity index (χ1v) is 12.3. The van der Waals surface area contributed by atoms with E-state index < -0.39 is 8.07 Å². The molecule has 0 amide bonds. The van der Waals surface area contributed by atoms with Crippen molar-refractivity contribution in [2.45, 2.75) is 82.1 Å². The Morgan fingerprint density at radius 1 is 1.18 bits per heavy atom. The highest BCUT2D eigenvalue weighted by Gasteiger charge is 2.40. The fraction of sp³-hybridized carbons (Fsp3) is 0.765. The molecule has 1 aromatic rings. The Bertz CT molecular complexity index is 509. The molecule has 1 aliphatic carbocycles. The van der Waals surface area contributed by atoms with Gasteiger partial charge in [-0.1, -0.05) is 62.8 Å². The number of aryl methyl sites for hydroxylation is 1. The van der Waals surface area contributed by atoms with Crippen LogP contribution in [0.2, 0.25) is 29.2 Å². The van der Waals surface area contributed by atoms with E-state index in [1.54, 1.807) is 18.4 Å². The van der Waals surface area contributed by atoms with Gasteiger partial charge in [0.1, 0.15) is 17.2 Å². The number of halogens is 1. The molecular weight excluding hydrogens is 310 g/mol. The molecule has 1 aromatic heterocycles. The quantitative estimate of drug-likeness (QED) is 0.758. The van der Waals surface area contributed by atoms with Crippen LogP contribution in [0.3, 0.4) is 0 Å². The van der Waals surface area contributed by atoms with Crippen LogP contribution in [-0.2, 0) is 6.42 Å². The highest BCUT2D eigenvalue weighted by molar-refractivity contribution is 6.80. The Morgan fingerprint density at radius 3 is 2.50 bits per heavy atom. The van der Waals surface area contributed by atoms with Crippen LogP contribution < -0.4 is 5.32 Å². The second-order valence-electron chi connectivity index (χ2n) is 7.39. The van der Waals surface area contributed by atoms with Crippen LogP contribution in [0, 0.1) is 0 Å². The Labute approximate surface area is 140 Å². The third-order valence-electron chi connectivity index (χ3n) is 6.00. The van der Waals surface area contributed by atoms with Crippen LogP contribution in [-0.4, -0.2) is 24.1 Å². The molecule has 22 heavy (non-hydrogen) atoms. The Kier molecular flexibility index (Phi) is 5.08. The maximum Gasteiger partial charge on any atom is 0.148 e. The molecule has 0 radical (unpaired) electrons. The van der Waals surface area contributed by atoms with E-state index in [-0.39, 0.29) is 0 Å².